The molecule has 24 heavy (non-hydrogen) atoms. The van der Waals surface area contributed by atoms with Gasteiger partial charge in [0.15, 0.2) is 0 Å². The van der Waals surface area contributed by atoms with Gasteiger partial charge in [-0.05, 0) is 24.0 Å². The molecule has 0 saturated heterocycles. The lowest BCUT2D eigenvalue weighted by Crippen LogP contribution is -2.37. The number of thioether (sulfide) groups is 1. The monoisotopic (exact) mass is 348 g/mol. The van der Waals surface area contributed by atoms with Crippen LogP contribution in [0.2, 0.25) is 0 Å². The summed E-state index contributed by atoms with van der Waals surface area (Å²) >= 11 is 0.976. The minimum absolute atomic E-state index is 0.0239. The summed E-state index contributed by atoms with van der Waals surface area (Å²) in [5.74, 6) is -0.125. The quantitative estimate of drug-likeness (QED) is 0.854. The van der Waals surface area contributed by atoms with Crippen molar-refractivity contribution in [1.29, 1.82) is 0 Å². The first kappa shape index (κ1) is 18.5. The van der Waals surface area contributed by atoms with E-state index >= 15 is 0 Å². The van der Waals surface area contributed by atoms with E-state index in [9.17, 15) is 14.4 Å². The molecule has 1 atom stereocenters. The van der Waals surface area contributed by atoms with E-state index in [-0.39, 0.29) is 35.1 Å². The minimum atomic E-state index is -0.183. The summed E-state index contributed by atoms with van der Waals surface area (Å²) < 4.78 is 0. The van der Waals surface area contributed by atoms with E-state index in [1.807, 2.05) is 32.0 Å². The van der Waals surface area contributed by atoms with E-state index in [1.165, 1.54) is 11.1 Å². The predicted octanol–water partition coefficient (Wildman–Crippen LogP) is 1.99. The van der Waals surface area contributed by atoms with E-state index in [1.54, 1.807) is 4.90 Å². The summed E-state index contributed by atoms with van der Waals surface area (Å²) in [6.45, 7) is 5.02. The van der Waals surface area contributed by atoms with Crippen LogP contribution in [0.4, 0.5) is 0 Å². The highest BCUT2D eigenvalue weighted by Gasteiger charge is 2.21. The van der Waals surface area contributed by atoms with Crippen molar-refractivity contribution in [2.24, 2.45) is 5.92 Å². The molecule has 1 aromatic carbocycles. The Hall–Kier alpha value is -1.82. The smallest absolute Gasteiger partial charge is 0.233 e. The van der Waals surface area contributed by atoms with Crippen molar-refractivity contribution >= 4 is 28.7 Å². The maximum absolute atomic E-state index is 12.3. The van der Waals surface area contributed by atoms with Gasteiger partial charge in [0.2, 0.25) is 16.9 Å². The zero-order valence-corrected chi connectivity index (χ0v) is 15.0. The predicted molar refractivity (Wildman–Crippen MR) is 95.5 cm³/mol. The van der Waals surface area contributed by atoms with Gasteiger partial charge in [-0.15, -0.1) is 0 Å². The van der Waals surface area contributed by atoms with Crippen molar-refractivity contribution < 1.29 is 14.4 Å². The van der Waals surface area contributed by atoms with Crippen LogP contribution >= 0.6 is 11.8 Å². The third-order valence-corrected chi connectivity index (χ3v) is 5.16. The Labute approximate surface area is 147 Å². The fourth-order valence-corrected chi connectivity index (χ4v) is 3.15. The van der Waals surface area contributed by atoms with Crippen LogP contribution in [0.25, 0.3) is 0 Å². The molecular weight excluding hydrogens is 324 g/mol. The fourth-order valence-electron chi connectivity index (χ4n) is 2.51. The molecule has 0 bridgehead atoms. The standard InChI is InChI=1S/C18H24N2O3S/c1-3-13(2)18(23)19-10-17(22)24-12-16(21)20-9-8-14-6-4-5-7-15(14)11-20/h4-7,13H,3,8-12H2,1-2H3,(H,19,23)/t13-/m0/s1. The summed E-state index contributed by atoms with van der Waals surface area (Å²) in [7, 11) is 0. The zero-order valence-electron chi connectivity index (χ0n) is 14.2. The van der Waals surface area contributed by atoms with E-state index in [0.29, 0.717) is 13.1 Å². The Morgan fingerprint density at radius 3 is 2.67 bits per heavy atom. The van der Waals surface area contributed by atoms with Gasteiger partial charge in [0.1, 0.15) is 0 Å². The molecule has 1 N–H and O–H groups in total. The first-order valence-electron chi connectivity index (χ1n) is 8.29. The van der Waals surface area contributed by atoms with Crippen molar-refractivity contribution in [3.63, 3.8) is 0 Å². The number of hydrogen-bond acceptors (Lipinski definition) is 4. The molecule has 1 heterocycles. The van der Waals surface area contributed by atoms with Crippen molar-refractivity contribution in [3.8, 4) is 0 Å². The Balaban J connectivity index is 1.73. The lowest BCUT2D eigenvalue weighted by Gasteiger charge is -2.28. The summed E-state index contributed by atoms with van der Waals surface area (Å²) in [4.78, 5) is 37.5. The Morgan fingerprint density at radius 1 is 1.25 bits per heavy atom. The molecular formula is C18H24N2O3S. The van der Waals surface area contributed by atoms with E-state index in [4.69, 9.17) is 0 Å². The maximum atomic E-state index is 12.3. The second kappa shape index (κ2) is 8.87. The molecule has 1 aromatic rings. The van der Waals surface area contributed by atoms with Gasteiger partial charge in [0, 0.05) is 19.0 Å². The molecule has 6 heteroatoms. The van der Waals surface area contributed by atoms with Crippen molar-refractivity contribution in [2.45, 2.75) is 33.2 Å². The molecule has 130 valence electrons. The number of hydrogen-bond donors (Lipinski definition) is 1. The van der Waals surface area contributed by atoms with E-state index < -0.39 is 0 Å². The van der Waals surface area contributed by atoms with E-state index in [2.05, 4.69) is 11.4 Å². The molecule has 0 aromatic heterocycles. The van der Waals surface area contributed by atoms with Crippen LogP contribution < -0.4 is 5.32 Å². The van der Waals surface area contributed by atoms with Crippen LogP contribution in [0, 0.1) is 5.92 Å². The Bertz CT molecular complexity index is 618. The molecule has 0 radical (unpaired) electrons. The lowest BCUT2D eigenvalue weighted by atomic mass is 10.00. The van der Waals surface area contributed by atoms with Gasteiger partial charge < -0.3 is 10.2 Å². The average molecular weight is 348 g/mol. The number of nitrogens with zero attached hydrogens (tertiary/aromatic N) is 1. The molecule has 2 amide bonds. The third-order valence-electron chi connectivity index (χ3n) is 4.31. The summed E-state index contributed by atoms with van der Waals surface area (Å²) in [5.41, 5.74) is 2.47. The number of amides is 2. The van der Waals surface area contributed by atoms with Crippen LogP contribution in [0.3, 0.4) is 0 Å². The average Bonchev–Trinajstić information content (AvgIpc) is 2.62. The van der Waals surface area contributed by atoms with Gasteiger partial charge >= 0.3 is 0 Å². The number of fused-ring (bicyclic) bond motifs is 1. The van der Waals surface area contributed by atoms with Crippen LogP contribution in [0.5, 0.6) is 0 Å². The van der Waals surface area contributed by atoms with Crippen molar-refractivity contribution in [3.05, 3.63) is 35.4 Å². The first-order chi connectivity index (χ1) is 11.5. The van der Waals surface area contributed by atoms with Gasteiger partial charge in [0.05, 0.1) is 12.3 Å². The summed E-state index contributed by atoms with van der Waals surface area (Å²) in [5, 5.41) is 2.43. The van der Waals surface area contributed by atoms with Gasteiger partial charge in [0.25, 0.3) is 0 Å². The highest BCUT2D eigenvalue weighted by molar-refractivity contribution is 8.14. The van der Waals surface area contributed by atoms with Gasteiger partial charge in [-0.25, -0.2) is 0 Å². The number of nitrogens with one attached hydrogen (secondary N) is 1. The van der Waals surface area contributed by atoms with Gasteiger partial charge in [-0.2, -0.15) is 0 Å². The highest BCUT2D eigenvalue weighted by Crippen LogP contribution is 2.19. The maximum Gasteiger partial charge on any atom is 0.233 e. The summed E-state index contributed by atoms with van der Waals surface area (Å²) in [6.07, 6.45) is 1.59. The summed E-state index contributed by atoms with van der Waals surface area (Å²) in [6, 6.07) is 8.12. The topological polar surface area (TPSA) is 66.5 Å². The fraction of sp³-hybridized carbons (Fsp3) is 0.500. The SMILES string of the molecule is CC[C@H](C)C(=O)NCC(=O)SCC(=O)N1CCc2ccccc2C1. The molecule has 0 unspecified atom stereocenters. The molecule has 0 fully saturated rings. The number of carbonyl (C=O) groups excluding carboxylic acids is 3. The van der Waals surface area contributed by atoms with Crippen molar-refractivity contribution in [1.82, 2.24) is 10.2 Å². The van der Waals surface area contributed by atoms with Crippen LogP contribution in [-0.2, 0) is 27.3 Å². The Morgan fingerprint density at radius 2 is 1.96 bits per heavy atom. The van der Waals surface area contributed by atoms with E-state index in [0.717, 1.165) is 24.6 Å². The van der Waals surface area contributed by atoms with Gasteiger partial charge in [-0.3, -0.25) is 14.4 Å². The Kier molecular flexibility index (Phi) is 6.85. The molecule has 0 saturated carbocycles. The van der Waals surface area contributed by atoms with Crippen LogP contribution in [0.1, 0.15) is 31.4 Å². The largest absolute Gasteiger partial charge is 0.348 e. The normalized spacial score (nSPS) is 14.7. The van der Waals surface area contributed by atoms with Gasteiger partial charge in [-0.1, -0.05) is 49.9 Å². The number of carbonyl (C=O) groups is 3. The zero-order chi connectivity index (χ0) is 17.5. The van der Waals surface area contributed by atoms with Crippen molar-refractivity contribution in [2.75, 3.05) is 18.8 Å². The second-order valence-electron chi connectivity index (χ2n) is 6.02. The lowest BCUT2D eigenvalue weighted by molar-refractivity contribution is -0.129. The molecule has 0 aliphatic carbocycles. The number of benzene rings is 1. The molecule has 0 spiro atoms. The third kappa shape index (κ3) is 5.09. The first-order valence-corrected chi connectivity index (χ1v) is 9.27. The number of rotatable bonds is 6. The highest BCUT2D eigenvalue weighted by atomic mass is 32.2. The molecule has 2 rings (SSSR count). The minimum Gasteiger partial charge on any atom is -0.348 e. The second-order valence-corrected chi connectivity index (χ2v) is 7.05. The molecule has 5 nitrogen and oxygen atoms in total. The van der Waals surface area contributed by atoms with Crippen LogP contribution in [0.15, 0.2) is 24.3 Å². The molecule has 1 aliphatic heterocycles. The molecule has 1 aliphatic rings. The van der Waals surface area contributed by atoms with Crippen LogP contribution in [-0.4, -0.2) is 40.7 Å².